The van der Waals surface area contributed by atoms with E-state index >= 15 is 0 Å². The van der Waals surface area contributed by atoms with E-state index in [-0.39, 0.29) is 0 Å². The molecule has 1 N–H and O–H groups in total. The summed E-state index contributed by atoms with van der Waals surface area (Å²) in [6, 6.07) is 12.3. The Morgan fingerprint density at radius 3 is 2.65 bits per heavy atom. The van der Waals surface area contributed by atoms with Gasteiger partial charge in [-0.2, -0.15) is 0 Å². The van der Waals surface area contributed by atoms with Crippen LogP contribution in [0.5, 0.6) is 0 Å². The summed E-state index contributed by atoms with van der Waals surface area (Å²) in [6.45, 7) is 3.68. The Kier molecular flexibility index (Phi) is 3.72. The number of nitrogens with zero attached hydrogens (tertiary/aromatic N) is 2. The summed E-state index contributed by atoms with van der Waals surface area (Å²) < 4.78 is 1.95. The van der Waals surface area contributed by atoms with E-state index in [1.54, 1.807) is 0 Å². The van der Waals surface area contributed by atoms with Crippen molar-refractivity contribution in [3.05, 3.63) is 70.6 Å². The number of hydrogen-bond donors (Lipinski definition) is 1. The molecule has 0 amide bonds. The van der Waals surface area contributed by atoms with Crippen LogP contribution < -0.4 is 5.32 Å². The van der Waals surface area contributed by atoms with E-state index < -0.39 is 0 Å². The van der Waals surface area contributed by atoms with Crippen molar-refractivity contribution >= 4 is 17.2 Å². The first-order valence-corrected chi connectivity index (χ1v) is 6.98. The number of hydrogen-bond acceptors (Lipinski definition) is 2. The van der Waals surface area contributed by atoms with Gasteiger partial charge in [-0.1, -0.05) is 41.4 Å². The number of nitrogens with one attached hydrogen (secondary N) is 1. The number of benzene rings is 1. The first-order chi connectivity index (χ1) is 9.70. The fraction of sp³-hybridized carbons (Fsp3) is 0.188. The molecule has 0 aliphatic carbocycles. The summed E-state index contributed by atoms with van der Waals surface area (Å²) in [6.07, 6.45) is 3.87. The van der Waals surface area contributed by atoms with Crippen molar-refractivity contribution in [2.24, 2.45) is 0 Å². The van der Waals surface area contributed by atoms with Gasteiger partial charge in [0.05, 0.1) is 10.7 Å². The summed E-state index contributed by atoms with van der Waals surface area (Å²) in [7, 11) is 0. The molecule has 3 nitrogen and oxygen atoms in total. The first kappa shape index (κ1) is 13.2. The summed E-state index contributed by atoms with van der Waals surface area (Å²) in [4.78, 5) is 4.54. The largest absolute Gasteiger partial charge is 0.307 e. The standard InChI is InChI=1S/C16H16ClN3/c1-12-2-4-13(5-3-12)8-18-9-15-11-20-10-14(17)6-7-16(20)19-15/h2-7,10-11,18H,8-9H2,1H3. The van der Waals surface area contributed by atoms with Gasteiger partial charge in [-0.25, -0.2) is 4.98 Å². The van der Waals surface area contributed by atoms with Crippen LogP contribution in [0.3, 0.4) is 0 Å². The fourth-order valence-electron chi connectivity index (χ4n) is 2.14. The van der Waals surface area contributed by atoms with Gasteiger partial charge in [-0.15, -0.1) is 0 Å². The molecular weight excluding hydrogens is 270 g/mol. The summed E-state index contributed by atoms with van der Waals surface area (Å²) in [5, 5.41) is 4.12. The third-order valence-electron chi connectivity index (χ3n) is 3.22. The number of pyridine rings is 1. The molecule has 0 saturated heterocycles. The number of aryl methyl sites for hydroxylation is 1. The van der Waals surface area contributed by atoms with Crippen LogP contribution in [0.1, 0.15) is 16.8 Å². The van der Waals surface area contributed by atoms with Gasteiger partial charge < -0.3 is 9.72 Å². The van der Waals surface area contributed by atoms with E-state index in [1.165, 1.54) is 11.1 Å². The number of imidazole rings is 1. The number of aromatic nitrogens is 2. The molecule has 0 radical (unpaired) electrons. The Morgan fingerprint density at radius 2 is 1.85 bits per heavy atom. The van der Waals surface area contributed by atoms with Crippen molar-refractivity contribution in [3.63, 3.8) is 0 Å². The zero-order valence-electron chi connectivity index (χ0n) is 11.3. The molecular formula is C16H16ClN3. The lowest BCUT2D eigenvalue weighted by Gasteiger charge is -2.03. The Balaban J connectivity index is 1.63. The molecule has 2 aromatic heterocycles. The Bertz CT molecular complexity index is 716. The highest BCUT2D eigenvalue weighted by atomic mass is 35.5. The molecule has 0 unspecified atom stereocenters. The minimum atomic E-state index is 0.717. The molecule has 0 bridgehead atoms. The molecule has 4 heteroatoms. The first-order valence-electron chi connectivity index (χ1n) is 6.60. The molecule has 20 heavy (non-hydrogen) atoms. The molecule has 0 saturated carbocycles. The molecule has 3 aromatic rings. The van der Waals surface area contributed by atoms with Crippen molar-refractivity contribution in [1.29, 1.82) is 0 Å². The SMILES string of the molecule is Cc1ccc(CNCc2cn3cc(Cl)ccc3n2)cc1. The molecule has 0 atom stereocenters. The summed E-state index contributed by atoms with van der Waals surface area (Å²) in [5.41, 5.74) is 4.49. The zero-order chi connectivity index (χ0) is 13.9. The quantitative estimate of drug-likeness (QED) is 0.794. The van der Waals surface area contributed by atoms with Gasteiger partial charge in [-0.05, 0) is 24.6 Å². The fourth-order valence-corrected chi connectivity index (χ4v) is 2.31. The predicted octanol–water partition coefficient (Wildman–Crippen LogP) is 3.59. The number of halogens is 1. The Labute approximate surface area is 123 Å². The number of rotatable bonds is 4. The van der Waals surface area contributed by atoms with Crippen molar-refractivity contribution < 1.29 is 0 Å². The molecule has 0 spiro atoms. The van der Waals surface area contributed by atoms with Crippen LogP contribution in [0.2, 0.25) is 5.02 Å². The summed E-state index contributed by atoms with van der Waals surface area (Å²) in [5.74, 6) is 0. The molecule has 3 rings (SSSR count). The minimum absolute atomic E-state index is 0.717. The Hall–Kier alpha value is -1.84. The van der Waals surface area contributed by atoms with Crippen LogP contribution in [0, 0.1) is 6.92 Å². The second-order valence-corrected chi connectivity index (χ2v) is 5.37. The number of fused-ring (bicyclic) bond motifs is 1. The van der Waals surface area contributed by atoms with Gasteiger partial charge in [0.2, 0.25) is 0 Å². The minimum Gasteiger partial charge on any atom is -0.307 e. The van der Waals surface area contributed by atoms with Gasteiger partial charge >= 0.3 is 0 Å². The smallest absolute Gasteiger partial charge is 0.137 e. The van der Waals surface area contributed by atoms with Gasteiger partial charge in [0, 0.05) is 25.5 Å². The zero-order valence-corrected chi connectivity index (χ0v) is 12.1. The highest BCUT2D eigenvalue weighted by Gasteiger charge is 2.01. The average molecular weight is 286 g/mol. The molecule has 0 aliphatic rings. The maximum Gasteiger partial charge on any atom is 0.137 e. The van der Waals surface area contributed by atoms with E-state index in [1.807, 2.05) is 28.9 Å². The van der Waals surface area contributed by atoms with Crippen molar-refractivity contribution in [2.45, 2.75) is 20.0 Å². The topological polar surface area (TPSA) is 29.3 Å². The van der Waals surface area contributed by atoms with Crippen molar-refractivity contribution in [3.8, 4) is 0 Å². The van der Waals surface area contributed by atoms with Crippen molar-refractivity contribution in [1.82, 2.24) is 14.7 Å². The van der Waals surface area contributed by atoms with E-state index in [0.717, 1.165) is 24.4 Å². The third kappa shape index (κ3) is 3.00. The maximum absolute atomic E-state index is 5.96. The lowest BCUT2D eigenvalue weighted by atomic mass is 10.1. The second-order valence-electron chi connectivity index (χ2n) is 4.93. The Morgan fingerprint density at radius 1 is 1.05 bits per heavy atom. The van der Waals surface area contributed by atoms with Gasteiger partial charge in [0.1, 0.15) is 5.65 Å². The van der Waals surface area contributed by atoms with Gasteiger partial charge in [-0.3, -0.25) is 0 Å². The summed E-state index contributed by atoms with van der Waals surface area (Å²) >= 11 is 5.96. The van der Waals surface area contributed by atoms with Crippen LogP contribution in [0.4, 0.5) is 0 Å². The highest BCUT2D eigenvalue weighted by Crippen LogP contribution is 2.11. The third-order valence-corrected chi connectivity index (χ3v) is 3.44. The normalized spacial score (nSPS) is 11.1. The second kappa shape index (κ2) is 5.65. The van der Waals surface area contributed by atoms with Crippen LogP contribution >= 0.6 is 11.6 Å². The van der Waals surface area contributed by atoms with E-state index in [2.05, 4.69) is 41.5 Å². The molecule has 0 fully saturated rings. The van der Waals surface area contributed by atoms with Gasteiger partial charge in [0.15, 0.2) is 0 Å². The molecule has 1 aromatic carbocycles. The lowest BCUT2D eigenvalue weighted by Crippen LogP contribution is -2.12. The van der Waals surface area contributed by atoms with E-state index in [4.69, 9.17) is 11.6 Å². The lowest BCUT2D eigenvalue weighted by molar-refractivity contribution is 0.683. The van der Waals surface area contributed by atoms with Crippen LogP contribution in [-0.4, -0.2) is 9.38 Å². The predicted molar refractivity (Wildman–Crippen MR) is 81.9 cm³/mol. The monoisotopic (exact) mass is 285 g/mol. The molecule has 102 valence electrons. The van der Waals surface area contributed by atoms with Crippen LogP contribution in [0.15, 0.2) is 48.8 Å². The van der Waals surface area contributed by atoms with Gasteiger partial charge in [0.25, 0.3) is 0 Å². The van der Waals surface area contributed by atoms with E-state index in [9.17, 15) is 0 Å². The highest BCUT2D eigenvalue weighted by molar-refractivity contribution is 6.30. The van der Waals surface area contributed by atoms with Crippen molar-refractivity contribution in [2.75, 3.05) is 0 Å². The average Bonchev–Trinajstić information content (AvgIpc) is 2.83. The van der Waals surface area contributed by atoms with Crippen LogP contribution in [-0.2, 0) is 13.1 Å². The van der Waals surface area contributed by atoms with Crippen LogP contribution in [0.25, 0.3) is 5.65 Å². The van der Waals surface area contributed by atoms with E-state index in [0.29, 0.717) is 5.02 Å². The molecule has 0 aliphatic heterocycles. The maximum atomic E-state index is 5.96. The molecule has 2 heterocycles.